The number of rotatable bonds is 5. The van der Waals surface area contributed by atoms with Crippen LogP contribution in [0.3, 0.4) is 0 Å². The first-order chi connectivity index (χ1) is 11.0. The van der Waals surface area contributed by atoms with Crippen molar-refractivity contribution in [3.05, 3.63) is 59.0 Å². The Hall–Kier alpha value is -2.65. The van der Waals surface area contributed by atoms with Crippen molar-refractivity contribution in [2.75, 3.05) is 10.0 Å². The van der Waals surface area contributed by atoms with E-state index in [4.69, 9.17) is 0 Å². The van der Waals surface area contributed by atoms with Crippen LogP contribution in [0.1, 0.15) is 9.67 Å². The fraction of sp³-hybridized carbons (Fsp3) is 0. The number of aromatic amines is 1. The molecule has 0 bridgehead atoms. The van der Waals surface area contributed by atoms with Crippen molar-refractivity contribution < 1.29 is 13.2 Å². The van der Waals surface area contributed by atoms with Gasteiger partial charge in [0, 0.05) is 17.6 Å². The summed E-state index contributed by atoms with van der Waals surface area (Å²) in [5.41, 5.74) is 0.968. The molecule has 2 heterocycles. The van der Waals surface area contributed by atoms with E-state index < -0.39 is 10.0 Å². The van der Waals surface area contributed by atoms with Gasteiger partial charge in [-0.15, -0.1) is 11.3 Å². The zero-order chi connectivity index (χ0) is 16.3. The van der Waals surface area contributed by atoms with Gasteiger partial charge in [0.2, 0.25) is 0 Å². The predicted octanol–water partition coefficient (Wildman–Crippen LogP) is 2.52. The van der Waals surface area contributed by atoms with Gasteiger partial charge in [-0.2, -0.15) is 5.10 Å². The van der Waals surface area contributed by atoms with Crippen molar-refractivity contribution in [1.82, 2.24) is 10.2 Å². The average Bonchev–Trinajstić information content (AvgIpc) is 3.23. The fourth-order valence-electron chi connectivity index (χ4n) is 1.82. The van der Waals surface area contributed by atoms with Crippen LogP contribution in [0.15, 0.2) is 59.1 Å². The number of amides is 1. The number of hydrogen-bond acceptors (Lipinski definition) is 5. The maximum Gasteiger partial charge on any atom is 0.265 e. The molecule has 1 aromatic carbocycles. The Morgan fingerprint density at radius 1 is 1.13 bits per heavy atom. The van der Waals surface area contributed by atoms with Gasteiger partial charge in [0.05, 0.1) is 11.1 Å². The summed E-state index contributed by atoms with van der Waals surface area (Å²) in [6.07, 6.45) is 2.51. The minimum atomic E-state index is -3.67. The lowest BCUT2D eigenvalue weighted by molar-refractivity contribution is 0.103. The molecular weight excluding hydrogens is 336 g/mol. The molecule has 3 rings (SSSR count). The highest BCUT2D eigenvalue weighted by Crippen LogP contribution is 2.19. The van der Waals surface area contributed by atoms with Gasteiger partial charge in [0.25, 0.3) is 15.9 Å². The van der Waals surface area contributed by atoms with Gasteiger partial charge in [0.1, 0.15) is 4.90 Å². The third kappa shape index (κ3) is 3.58. The molecule has 0 saturated carbocycles. The summed E-state index contributed by atoms with van der Waals surface area (Å²) >= 11 is 1.35. The van der Waals surface area contributed by atoms with E-state index in [1.165, 1.54) is 23.7 Å². The lowest BCUT2D eigenvalue weighted by atomic mass is 10.3. The minimum absolute atomic E-state index is 0.0487. The molecule has 0 unspecified atom stereocenters. The smallest absolute Gasteiger partial charge is 0.265 e. The number of nitrogens with one attached hydrogen (secondary N) is 3. The van der Waals surface area contributed by atoms with Crippen LogP contribution < -0.4 is 10.0 Å². The molecule has 0 aliphatic heterocycles. The summed E-state index contributed by atoms with van der Waals surface area (Å²) < 4.78 is 26.5. The third-order valence-corrected chi connectivity index (χ3v) is 5.14. The Balaban J connectivity index is 1.69. The Kier molecular flexibility index (Phi) is 4.13. The number of sulfonamides is 1. The number of thiophene rings is 1. The molecule has 0 fully saturated rings. The van der Waals surface area contributed by atoms with Crippen molar-refractivity contribution in [2.45, 2.75) is 4.90 Å². The fourth-order valence-corrected chi connectivity index (χ4v) is 3.40. The SMILES string of the molecule is O=C(Nc1ccc(NS(=O)(=O)c2cn[nH]c2)cc1)c1cccs1. The third-order valence-electron chi connectivity index (χ3n) is 2.92. The zero-order valence-electron chi connectivity index (χ0n) is 11.7. The van der Waals surface area contributed by atoms with Gasteiger partial charge < -0.3 is 5.32 Å². The van der Waals surface area contributed by atoms with Gasteiger partial charge in [-0.1, -0.05) is 6.07 Å². The van der Waals surface area contributed by atoms with Crippen molar-refractivity contribution in [3.8, 4) is 0 Å². The summed E-state index contributed by atoms with van der Waals surface area (Å²) in [6, 6.07) is 9.92. The molecule has 118 valence electrons. The summed E-state index contributed by atoms with van der Waals surface area (Å²) in [4.78, 5) is 12.6. The molecule has 0 aliphatic rings. The molecular formula is C14H12N4O3S2. The molecule has 0 saturated heterocycles. The number of carbonyl (C=O) groups excluding carboxylic acids is 1. The van der Waals surface area contributed by atoms with Gasteiger partial charge >= 0.3 is 0 Å². The van der Waals surface area contributed by atoms with E-state index in [0.29, 0.717) is 16.3 Å². The number of hydrogen-bond donors (Lipinski definition) is 3. The van der Waals surface area contributed by atoms with Crippen LogP contribution >= 0.6 is 11.3 Å². The van der Waals surface area contributed by atoms with Crippen LogP contribution in [0.25, 0.3) is 0 Å². The normalized spacial score (nSPS) is 11.1. The molecule has 1 amide bonds. The largest absolute Gasteiger partial charge is 0.321 e. The second-order valence-corrected chi connectivity index (χ2v) is 7.18. The van der Waals surface area contributed by atoms with Crippen molar-refractivity contribution >= 4 is 38.6 Å². The number of H-pyrrole nitrogens is 1. The van der Waals surface area contributed by atoms with Gasteiger partial charge in [-0.05, 0) is 35.7 Å². The van der Waals surface area contributed by atoms with Crippen LogP contribution in [0.5, 0.6) is 0 Å². The van der Waals surface area contributed by atoms with E-state index in [2.05, 4.69) is 20.2 Å². The summed E-state index contributed by atoms with van der Waals surface area (Å²) in [5, 5.41) is 10.6. The highest BCUT2D eigenvalue weighted by molar-refractivity contribution is 7.92. The monoisotopic (exact) mass is 348 g/mol. The second kappa shape index (κ2) is 6.23. The molecule has 7 nitrogen and oxygen atoms in total. The highest BCUT2D eigenvalue weighted by Gasteiger charge is 2.15. The summed E-state index contributed by atoms with van der Waals surface area (Å²) in [7, 11) is -3.67. The Labute approximate surface area is 136 Å². The van der Waals surface area contributed by atoms with Crippen LogP contribution in [-0.4, -0.2) is 24.5 Å². The van der Waals surface area contributed by atoms with E-state index in [1.807, 2.05) is 5.38 Å². The standard InChI is InChI=1S/C14H12N4O3S2/c19-14(13-2-1-7-22-13)17-10-3-5-11(6-4-10)18-23(20,21)12-8-15-16-9-12/h1-9,18H,(H,15,16)(H,17,19). The first-order valence-electron chi connectivity index (χ1n) is 6.51. The maximum atomic E-state index is 12.0. The number of carbonyl (C=O) groups is 1. The average molecular weight is 348 g/mol. The molecule has 3 N–H and O–H groups in total. The van der Waals surface area contributed by atoms with E-state index >= 15 is 0 Å². The molecule has 0 aliphatic carbocycles. The van der Waals surface area contributed by atoms with Crippen molar-refractivity contribution in [1.29, 1.82) is 0 Å². The van der Waals surface area contributed by atoms with Crippen LogP contribution in [0.4, 0.5) is 11.4 Å². The molecule has 0 spiro atoms. The topological polar surface area (TPSA) is 104 Å². The maximum absolute atomic E-state index is 12.0. The molecule has 23 heavy (non-hydrogen) atoms. The quantitative estimate of drug-likeness (QED) is 0.659. The van der Waals surface area contributed by atoms with Gasteiger partial charge in [-0.3, -0.25) is 14.6 Å². The van der Waals surface area contributed by atoms with E-state index in [-0.39, 0.29) is 10.8 Å². The predicted molar refractivity (Wildman–Crippen MR) is 88.1 cm³/mol. The molecule has 0 atom stereocenters. The first kappa shape index (κ1) is 15.3. The number of benzene rings is 1. The number of nitrogens with zero attached hydrogens (tertiary/aromatic N) is 1. The summed E-state index contributed by atoms with van der Waals surface area (Å²) in [6.45, 7) is 0. The zero-order valence-corrected chi connectivity index (χ0v) is 13.3. The molecule has 9 heteroatoms. The van der Waals surface area contributed by atoms with E-state index in [9.17, 15) is 13.2 Å². The highest BCUT2D eigenvalue weighted by atomic mass is 32.2. The van der Waals surface area contributed by atoms with Gasteiger partial charge in [-0.25, -0.2) is 8.42 Å². The van der Waals surface area contributed by atoms with Crippen LogP contribution in [-0.2, 0) is 10.0 Å². The number of anilines is 2. The van der Waals surface area contributed by atoms with Crippen molar-refractivity contribution in [2.24, 2.45) is 0 Å². The number of aromatic nitrogens is 2. The molecule has 3 aromatic rings. The van der Waals surface area contributed by atoms with E-state index in [1.54, 1.807) is 36.4 Å². The Morgan fingerprint density at radius 3 is 2.48 bits per heavy atom. The van der Waals surface area contributed by atoms with Gasteiger partial charge in [0.15, 0.2) is 0 Å². The van der Waals surface area contributed by atoms with E-state index in [0.717, 1.165) is 0 Å². The minimum Gasteiger partial charge on any atom is -0.321 e. The molecule has 0 radical (unpaired) electrons. The first-order valence-corrected chi connectivity index (χ1v) is 8.87. The second-order valence-electron chi connectivity index (χ2n) is 4.55. The van der Waals surface area contributed by atoms with Crippen LogP contribution in [0, 0.1) is 0 Å². The molecule has 2 aromatic heterocycles. The van der Waals surface area contributed by atoms with Crippen molar-refractivity contribution in [3.63, 3.8) is 0 Å². The summed E-state index contributed by atoms with van der Waals surface area (Å²) in [5.74, 6) is -0.202. The lowest BCUT2D eigenvalue weighted by Gasteiger charge is -2.08. The Bertz CT molecular complexity index is 886. The van der Waals surface area contributed by atoms with Crippen LogP contribution in [0.2, 0.25) is 0 Å². The lowest BCUT2D eigenvalue weighted by Crippen LogP contribution is -2.13. The Morgan fingerprint density at radius 2 is 1.87 bits per heavy atom.